The van der Waals surface area contributed by atoms with Crippen LogP contribution in [0.3, 0.4) is 0 Å². The highest BCUT2D eigenvalue weighted by molar-refractivity contribution is 5.69. The van der Waals surface area contributed by atoms with Gasteiger partial charge in [0.15, 0.2) is 0 Å². The van der Waals surface area contributed by atoms with Gasteiger partial charge in [-0.05, 0) is 50.4 Å². The monoisotopic (exact) mass is 370 g/mol. The van der Waals surface area contributed by atoms with E-state index in [2.05, 4.69) is 27.7 Å². The second-order valence-corrected chi connectivity index (χ2v) is 8.13. The fraction of sp³-hybridized carbons (Fsp3) is 0.909. The number of hydrogen-bond acceptors (Lipinski definition) is 4. The highest BCUT2D eigenvalue weighted by atomic mass is 16.5. The highest BCUT2D eigenvalue weighted by Gasteiger charge is 2.05. The topological polar surface area (TPSA) is 52.6 Å². The summed E-state index contributed by atoms with van der Waals surface area (Å²) in [5.74, 6) is 1.21. The van der Waals surface area contributed by atoms with Gasteiger partial charge in [0.25, 0.3) is 0 Å². The maximum Gasteiger partial charge on any atom is 0.305 e. The third-order valence-corrected chi connectivity index (χ3v) is 4.39. The zero-order valence-corrected chi connectivity index (χ0v) is 17.7. The number of carbonyl (C=O) groups is 2. The molecular formula is C22H42O4. The lowest BCUT2D eigenvalue weighted by atomic mass is 10.1. The molecule has 26 heavy (non-hydrogen) atoms. The van der Waals surface area contributed by atoms with E-state index in [1.807, 2.05) is 0 Å². The molecule has 0 aromatic carbocycles. The van der Waals surface area contributed by atoms with E-state index in [1.165, 1.54) is 0 Å². The van der Waals surface area contributed by atoms with Crippen molar-refractivity contribution in [3.8, 4) is 0 Å². The molecule has 0 radical (unpaired) electrons. The normalized spacial score (nSPS) is 11.2. The van der Waals surface area contributed by atoms with Crippen LogP contribution >= 0.6 is 0 Å². The van der Waals surface area contributed by atoms with Crippen molar-refractivity contribution >= 4 is 11.9 Å². The lowest BCUT2D eigenvalue weighted by molar-refractivity contribution is -0.144. The van der Waals surface area contributed by atoms with Crippen LogP contribution in [0.5, 0.6) is 0 Å². The molecular weight excluding hydrogens is 328 g/mol. The van der Waals surface area contributed by atoms with Gasteiger partial charge in [0, 0.05) is 12.8 Å². The molecule has 154 valence electrons. The summed E-state index contributed by atoms with van der Waals surface area (Å²) in [5.41, 5.74) is 0. The van der Waals surface area contributed by atoms with Crippen LogP contribution < -0.4 is 0 Å². The summed E-state index contributed by atoms with van der Waals surface area (Å²) in [7, 11) is 0. The lowest BCUT2D eigenvalue weighted by Crippen LogP contribution is -2.06. The summed E-state index contributed by atoms with van der Waals surface area (Å²) in [6.07, 6.45) is 11.4. The maximum atomic E-state index is 11.6. The summed E-state index contributed by atoms with van der Waals surface area (Å²) >= 11 is 0. The van der Waals surface area contributed by atoms with Crippen molar-refractivity contribution in [2.45, 2.75) is 105 Å². The third kappa shape index (κ3) is 19.3. The fourth-order valence-corrected chi connectivity index (χ4v) is 2.75. The van der Waals surface area contributed by atoms with Crippen LogP contribution in [0.2, 0.25) is 0 Å². The Labute approximate surface area is 161 Å². The second-order valence-electron chi connectivity index (χ2n) is 8.13. The van der Waals surface area contributed by atoms with Crippen LogP contribution in [0.15, 0.2) is 0 Å². The molecule has 0 N–H and O–H groups in total. The summed E-state index contributed by atoms with van der Waals surface area (Å²) < 4.78 is 10.5. The minimum Gasteiger partial charge on any atom is -0.466 e. The molecule has 0 fully saturated rings. The predicted molar refractivity (Wildman–Crippen MR) is 107 cm³/mol. The first-order valence-electron chi connectivity index (χ1n) is 10.7. The Morgan fingerprint density at radius 3 is 1.27 bits per heavy atom. The molecule has 0 aliphatic heterocycles. The number of carbonyl (C=O) groups excluding carboxylic acids is 2. The molecule has 0 aromatic rings. The molecule has 0 atom stereocenters. The maximum absolute atomic E-state index is 11.6. The van der Waals surface area contributed by atoms with Crippen LogP contribution in [0, 0.1) is 11.8 Å². The van der Waals surface area contributed by atoms with Crippen molar-refractivity contribution < 1.29 is 19.1 Å². The molecule has 0 saturated heterocycles. The van der Waals surface area contributed by atoms with Crippen LogP contribution in [0.1, 0.15) is 105 Å². The number of unbranched alkanes of at least 4 members (excludes halogenated alkanes) is 5. The Kier molecular flexibility index (Phi) is 16.7. The molecule has 0 aliphatic carbocycles. The van der Waals surface area contributed by atoms with E-state index in [0.717, 1.165) is 64.2 Å². The standard InChI is InChI=1S/C22H42O4/c1-19(2)13-11-17-25-21(23)15-9-7-5-6-8-10-16-22(24)26-18-12-14-20(3)4/h19-20H,5-18H2,1-4H3. The van der Waals surface area contributed by atoms with Gasteiger partial charge in [-0.25, -0.2) is 0 Å². The van der Waals surface area contributed by atoms with Crippen molar-refractivity contribution in [3.63, 3.8) is 0 Å². The lowest BCUT2D eigenvalue weighted by Gasteiger charge is -2.07. The minimum absolute atomic E-state index is 0.0611. The van der Waals surface area contributed by atoms with Crippen molar-refractivity contribution in [2.75, 3.05) is 13.2 Å². The first-order chi connectivity index (χ1) is 12.4. The van der Waals surface area contributed by atoms with Crippen LogP contribution in [0.25, 0.3) is 0 Å². The van der Waals surface area contributed by atoms with Gasteiger partial charge in [0.1, 0.15) is 0 Å². The van der Waals surface area contributed by atoms with E-state index >= 15 is 0 Å². The van der Waals surface area contributed by atoms with E-state index < -0.39 is 0 Å². The quantitative estimate of drug-likeness (QED) is 0.230. The molecule has 0 aliphatic rings. The summed E-state index contributed by atoms with van der Waals surface area (Å²) in [6, 6.07) is 0. The van der Waals surface area contributed by atoms with E-state index in [4.69, 9.17) is 9.47 Å². The van der Waals surface area contributed by atoms with Gasteiger partial charge in [-0.2, -0.15) is 0 Å². The Hall–Kier alpha value is -1.06. The first-order valence-corrected chi connectivity index (χ1v) is 10.7. The van der Waals surface area contributed by atoms with Crippen molar-refractivity contribution in [1.82, 2.24) is 0 Å². The second kappa shape index (κ2) is 17.4. The van der Waals surface area contributed by atoms with Gasteiger partial charge in [0.05, 0.1) is 13.2 Å². The van der Waals surface area contributed by atoms with E-state index in [-0.39, 0.29) is 11.9 Å². The summed E-state index contributed by atoms with van der Waals surface area (Å²) in [6.45, 7) is 9.84. The summed E-state index contributed by atoms with van der Waals surface area (Å²) in [4.78, 5) is 23.1. The van der Waals surface area contributed by atoms with E-state index in [1.54, 1.807) is 0 Å². The number of esters is 2. The SMILES string of the molecule is CC(C)CCCOC(=O)CCCCCCCCC(=O)OCCCC(C)C. The fourth-order valence-electron chi connectivity index (χ4n) is 2.75. The molecule has 0 aromatic heterocycles. The number of rotatable bonds is 17. The van der Waals surface area contributed by atoms with E-state index in [9.17, 15) is 9.59 Å². The van der Waals surface area contributed by atoms with Crippen LogP contribution in [-0.2, 0) is 19.1 Å². The molecule has 0 saturated carbocycles. The van der Waals surface area contributed by atoms with Gasteiger partial charge >= 0.3 is 11.9 Å². The Morgan fingerprint density at radius 2 is 0.923 bits per heavy atom. The molecule has 0 unspecified atom stereocenters. The number of ether oxygens (including phenoxy) is 2. The van der Waals surface area contributed by atoms with Crippen LogP contribution in [0.4, 0.5) is 0 Å². The number of hydrogen-bond donors (Lipinski definition) is 0. The van der Waals surface area contributed by atoms with Crippen molar-refractivity contribution in [2.24, 2.45) is 11.8 Å². The van der Waals surface area contributed by atoms with Gasteiger partial charge in [0.2, 0.25) is 0 Å². The van der Waals surface area contributed by atoms with Crippen LogP contribution in [-0.4, -0.2) is 25.2 Å². The summed E-state index contributed by atoms with van der Waals surface area (Å²) in [5, 5.41) is 0. The molecule has 0 amide bonds. The zero-order valence-electron chi connectivity index (χ0n) is 17.7. The zero-order chi connectivity index (χ0) is 19.6. The molecule has 4 nitrogen and oxygen atoms in total. The average Bonchev–Trinajstić information content (AvgIpc) is 2.57. The molecule has 0 bridgehead atoms. The third-order valence-electron chi connectivity index (χ3n) is 4.39. The molecule has 0 spiro atoms. The molecule has 0 heterocycles. The average molecular weight is 371 g/mol. The van der Waals surface area contributed by atoms with Crippen molar-refractivity contribution in [1.29, 1.82) is 0 Å². The smallest absolute Gasteiger partial charge is 0.305 e. The Bertz CT molecular complexity index is 316. The van der Waals surface area contributed by atoms with E-state index in [0.29, 0.717) is 37.9 Å². The Morgan fingerprint density at radius 1 is 0.577 bits per heavy atom. The van der Waals surface area contributed by atoms with Gasteiger partial charge in [-0.1, -0.05) is 53.4 Å². The van der Waals surface area contributed by atoms with Crippen molar-refractivity contribution in [3.05, 3.63) is 0 Å². The van der Waals surface area contributed by atoms with Gasteiger partial charge < -0.3 is 9.47 Å². The van der Waals surface area contributed by atoms with Gasteiger partial charge in [-0.3, -0.25) is 9.59 Å². The predicted octanol–water partition coefficient (Wildman–Crippen LogP) is 6.07. The minimum atomic E-state index is -0.0611. The molecule has 4 heteroatoms. The highest BCUT2D eigenvalue weighted by Crippen LogP contribution is 2.10. The largest absolute Gasteiger partial charge is 0.466 e. The first kappa shape index (κ1) is 24.9. The molecule has 0 rings (SSSR count). The Balaban J connectivity index is 3.30. The van der Waals surface area contributed by atoms with Gasteiger partial charge in [-0.15, -0.1) is 0 Å².